The summed E-state index contributed by atoms with van der Waals surface area (Å²) in [7, 11) is 3.91. The highest BCUT2D eigenvalue weighted by Gasteiger charge is 2.49. The van der Waals surface area contributed by atoms with Crippen molar-refractivity contribution in [3.05, 3.63) is 51.8 Å². The summed E-state index contributed by atoms with van der Waals surface area (Å²) >= 11 is 6.39. The Bertz CT molecular complexity index is 992. The number of likely N-dealkylation sites (tertiary alicyclic amines) is 2. The molecule has 2 saturated heterocycles. The number of aryl methyl sites for hydroxylation is 2. The summed E-state index contributed by atoms with van der Waals surface area (Å²) in [5.41, 5.74) is 4.37. The number of carboxylic acid groups (broad SMARTS) is 2. The molecule has 3 N–H and O–H groups in total. The molecule has 2 aliphatic rings. The standard InChI is InChI=1S/C22H30ClN5O.2CH2O2/c1-14-7-5-6-8-17(14)22-18-11-27(12-19-21(23)15(2)24-25-19)9-16(18)10-28(22)20(29)13-26(3)4;2*2-1-3/h5-8,16,18,22H,9-13H2,1-4H3,(H,24,25);2*1H,(H,2,3)/t16-,18-,22+;;/m1../s1. The van der Waals surface area contributed by atoms with Crippen LogP contribution in [-0.4, -0.2) is 94.2 Å². The van der Waals surface area contributed by atoms with Crippen LogP contribution in [0, 0.1) is 25.7 Å². The number of nitrogens with zero attached hydrogens (tertiary/aromatic N) is 4. The molecule has 0 spiro atoms. The Balaban J connectivity index is 0.000000655. The molecule has 192 valence electrons. The van der Waals surface area contributed by atoms with Gasteiger partial charge >= 0.3 is 0 Å². The lowest BCUT2D eigenvalue weighted by Crippen LogP contribution is -2.40. The van der Waals surface area contributed by atoms with Gasteiger partial charge in [0.25, 0.3) is 12.9 Å². The van der Waals surface area contributed by atoms with Crippen molar-refractivity contribution in [2.24, 2.45) is 11.8 Å². The molecular weight excluding hydrogens is 474 g/mol. The second-order valence-electron chi connectivity index (χ2n) is 9.02. The number of rotatable bonds is 5. The Morgan fingerprint density at radius 1 is 1.17 bits per heavy atom. The molecule has 35 heavy (non-hydrogen) atoms. The summed E-state index contributed by atoms with van der Waals surface area (Å²) in [6, 6.07) is 8.63. The number of aromatic amines is 1. The molecule has 3 heterocycles. The van der Waals surface area contributed by atoms with E-state index >= 15 is 0 Å². The Labute approximate surface area is 210 Å². The molecule has 0 bridgehead atoms. The molecule has 2 aliphatic heterocycles. The van der Waals surface area contributed by atoms with E-state index in [0.29, 0.717) is 18.4 Å². The summed E-state index contributed by atoms with van der Waals surface area (Å²) in [4.78, 5) is 36.3. The van der Waals surface area contributed by atoms with Crippen LogP contribution >= 0.6 is 11.6 Å². The van der Waals surface area contributed by atoms with Crippen LogP contribution in [-0.2, 0) is 20.9 Å². The summed E-state index contributed by atoms with van der Waals surface area (Å²) in [5.74, 6) is 1.13. The van der Waals surface area contributed by atoms with Gasteiger partial charge in [-0.2, -0.15) is 5.10 Å². The third kappa shape index (κ3) is 7.03. The third-order valence-electron chi connectivity index (χ3n) is 6.33. The lowest BCUT2D eigenvalue weighted by Gasteiger charge is -2.31. The van der Waals surface area contributed by atoms with E-state index in [1.165, 1.54) is 11.1 Å². The van der Waals surface area contributed by atoms with Crippen LogP contribution in [0.1, 0.15) is 28.6 Å². The molecule has 2 aromatic rings. The molecule has 1 aromatic carbocycles. The van der Waals surface area contributed by atoms with Crippen LogP contribution in [0.15, 0.2) is 24.3 Å². The molecule has 1 amide bonds. The zero-order valence-electron chi connectivity index (χ0n) is 20.5. The number of likely N-dealkylation sites (N-methyl/N-ethyl adjacent to an activating group) is 1. The van der Waals surface area contributed by atoms with Crippen molar-refractivity contribution in [1.29, 1.82) is 0 Å². The second-order valence-corrected chi connectivity index (χ2v) is 9.40. The van der Waals surface area contributed by atoms with Gasteiger partial charge in [-0.3, -0.25) is 24.4 Å². The van der Waals surface area contributed by atoms with Crippen molar-refractivity contribution in [3.63, 3.8) is 0 Å². The summed E-state index contributed by atoms with van der Waals surface area (Å²) in [6.07, 6.45) is 0. The summed E-state index contributed by atoms with van der Waals surface area (Å²) in [6.45, 7) is 7.55. The van der Waals surface area contributed by atoms with E-state index in [0.717, 1.165) is 42.6 Å². The van der Waals surface area contributed by atoms with Gasteiger partial charge in [0, 0.05) is 32.1 Å². The van der Waals surface area contributed by atoms with Crippen molar-refractivity contribution in [3.8, 4) is 0 Å². The third-order valence-corrected chi connectivity index (χ3v) is 6.83. The molecule has 0 radical (unpaired) electrons. The van der Waals surface area contributed by atoms with E-state index in [9.17, 15) is 4.79 Å². The number of fused-ring (bicyclic) bond motifs is 1. The number of amides is 1. The van der Waals surface area contributed by atoms with Crippen LogP contribution in [0.5, 0.6) is 0 Å². The monoisotopic (exact) mass is 507 g/mol. The average Bonchev–Trinajstić information content (AvgIpc) is 3.44. The molecule has 0 saturated carbocycles. The Kier molecular flexibility index (Phi) is 10.7. The van der Waals surface area contributed by atoms with E-state index in [1.54, 1.807) is 0 Å². The van der Waals surface area contributed by atoms with Crippen molar-refractivity contribution >= 4 is 30.5 Å². The van der Waals surface area contributed by atoms with Crippen molar-refractivity contribution in [2.75, 3.05) is 40.3 Å². The maximum absolute atomic E-state index is 13.0. The fraction of sp³-hybridized carbons (Fsp3) is 0.500. The lowest BCUT2D eigenvalue weighted by atomic mass is 9.87. The van der Waals surface area contributed by atoms with Gasteiger partial charge in [0.15, 0.2) is 0 Å². The number of nitrogens with one attached hydrogen (secondary N) is 1. The number of carbonyl (C=O) groups excluding carboxylic acids is 1. The molecule has 0 aliphatic carbocycles. The molecule has 1 aromatic heterocycles. The largest absolute Gasteiger partial charge is 0.483 e. The minimum atomic E-state index is -0.250. The van der Waals surface area contributed by atoms with Crippen LogP contribution in [0.25, 0.3) is 0 Å². The lowest BCUT2D eigenvalue weighted by molar-refractivity contribution is -0.133. The number of carbonyl (C=O) groups is 3. The van der Waals surface area contributed by atoms with E-state index < -0.39 is 0 Å². The minimum Gasteiger partial charge on any atom is -0.483 e. The average molecular weight is 508 g/mol. The Hall–Kier alpha value is -2.95. The SMILES string of the molecule is Cc1ccccc1[C@H]1[C@@H]2CN(Cc3n[nH]c(C)c3Cl)C[C@@H]2CN1C(=O)CN(C)C.O=CO.O=CO. The van der Waals surface area contributed by atoms with Gasteiger partial charge in [-0.05, 0) is 45.0 Å². The van der Waals surface area contributed by atoms with Crippen molar-refractivity contribution in [2.45, 2.75) is 26.4 Å². The molecule has 3 atom stereocenters. The topological polar surface area (TPSA) is 130 Å². The predicted octanol–water partition coefficient (Wildman–Crippen LogP) is 2.27. The first-order valence-electron chi connectivity index (χ1n) is 11.3. The molecule has 2 fully saturated rings. The highest BCUT2D eigenvalue weighted by atomic mass is 35.5. The van der Waals surface area contributed by atoms with Crippen LogP contribution < -0.4 is 0 Å². The smallest absolute Gasteiger partial charge is 0.290 e. The highest BCUT2D eigenvalue weighted by molar-refractivity contribution is 6.31. The first kappa shape index (κ1) is 28.3. The van der Waals surface area contributed by atoms with E-state index in [4.69, 9.17) is 31.4 Å². The Morgan fingerprint density at radius 2 is 1.80 bits per heavy atom. The maximum Gasteiger partial charge on any atom is 0.290 e. The molecule has 4 rings (SSSR count). The molecule has 0 unspecified atom stereocenters. The fourth-order valence-electron chi connectivity index (χ4n) is 4.98. The first-order chi connectivity index (χ1) is 16.7. The zero-order valence-corrected chi connectivity index (χ0v) is 21.3. The second kappa shape index (κ2) is 13.2. The van der Waals surface area contributed by atoms with Crippen LogP contribution in [0.3, 0.4) is 0 Å². The van der Waals surface area contributed by atoms with E-state index in [2.05, 4.69) is 51.2 Å². The quantitative estimate of drug-likeness (QED) is 0.525. The van der Waals surface area contributed by atoms with Gasteiger partial charge in [-0.1, -0.05) is 35.9 Å². The number of hydrogen-bond acceptors (Lipinski definition) is 6. The van der Waals surface area contributed by atoms with Crippen molar-refractivity contribution in [1.82, 2.24) is 24.9 Å². The number of halogens is 1. The Morgan fingerprint density at radius 3 is 2.34 bits per heavy atom. The highest BCUT2D eigenvalue weighted by Crippen LogP contribution is 2.46. The minimum absolute atomic E-state index is 0.134. The number of aromatic nitrogens is 2. The van der Waals surface area contributed by atoms with E-state index in [-0.39, 0.29) is 24.9 Å². The van der Waals surface area contributed by atoms with Crippen molar-refractivity contribution < 1.29 is 24.6 Å². The van der Waals surface area contributed by atoms with Gasteiger partial charge in [0.2, 0.25) is 5.91 Å². The molecular formula is C24H34ClN5O5. The summed E-state index contributed by atoms with van der Waals surface area (Å²) < 4.78 is 0. The molecule has 11 heteroatoms. The number of H-pyrrole nitrogens is 1. The predicted molar refractivity (Wildman–Crippen MR) is 132 cm³/mol. The number of hydrogen-bond donors (Lipinski definition) is 3. The normalized spacial score (nSPS) is 21.0. The maximum atomic E-state index is 13.0. The van der Waals surface area contributed by atoms with Gasteiger partial charge in [-0.15, -0.1) is 0 Å². The summed E-state index contributed by atoms with van der Waals surface area (Å²) in [5, 5.41) is 21.9. The van der Waals surface area contributed by atoms with Gasteiger partial charge in [0.05, 0.1) is 29.0 Å². The molecule has 10 nitrogen and oxygen atoms in total. The van der Waals surface area contributed by atoms with Crippen LogP contribution in [0.4, 0.5) is 0 Å². The van der Waals surface area contributed by atoms with E-state index in [1.807, 2.05) is 25.9 Å². The van der Waals surface area contributed by atoms with Gasteiger partial charge in [-0.25, -0.2) is 0 Å². The fourth-order valence-corrected chi connectivity index (χ4v) is 5.13. The first-order valence-corrected chi connectivity index (χ1v) is 11.6. The van der Waals surface area contributed by atoms with Gasteiger partial charge < -0.3 is 20.0 Å². The zero-order chi connectivity index (χ0) is 26.1. The number of benzene rings is 1. The van der Waals surface area contributed by atoms with Crippen LogP contribution in [0.2, 0.25) is 5.02 Å². The van der Waals surface area contributed by atoms with Gasteiger partial charge in [0.1, 0.15) is 0 Å².